The summed E-state index contributed by atoms with van der Waals surface area (Å²) in [5, 5.41) is 2.76. The minimum Gasteiger partial charge on any atom is -0.497 e. The van der Waals surface area contributed by atoms with E-state index in [1.807, 2.05) is 36.2 Å². The Morgan fingerprint density at radius 1 is 1.16 bits per heavy atom. The Labute approximate surface area is 148 Å². The highest BCUT2D eigenvalue weighted by Gasteiger charge is 2.10. The van der Waals surface area contributed by atoms with Gasteiger partial charge in [0.25, 0.3) is 0 Å². The van der Waals surface area contributed by atoms with Crippen LogP contribution in [0, 0.1) is 0 Å². The van der Waals surface area contributed by atoms with Gasteiger partial charge in [0.1, 0.15) is 5.75 Å². The maximum Gasteiger partial charge on any atom is 0.238 e. The van der Waals surface area contributed by atoms with Gasteiger partial charge in [-0.2, -0.15) is 0 Å². The van der Waals surface area contributed by atoms with Crippen LogP contribution >= 0.6 is 0 Å². The molecule has 1 N–H and O–H groups in total. The van der Waals surface area contributed by atoms with Gasteiger partial charge in [-0.25, -0.2) is 8.42 Å². The summed E-state index contributed by atoms with van der Waals surface area (Å²) in [4.78, 5) is 14.2. The summed E-state index contributed by atoms with van der Waals surface area (Å²) in [6.07, 6.45) is 1.15. The summed E-state index contributed by atoms with van der Waals surface area (Å²) in [7, 11) is 0.231. The maximum absolute atomic E-state index is 12.1. The molecule has 25 heavy (non-hydrogen) atoms. The van der Waals surface area contributed by atoms with Crippen LogP contribution in [0.4, 0.5) is 5.69 Å². The highest BCUT2D eigenvalue weighted by molar-refractivity contribution is 7.90. The van der Waals surface area contributed by atoms with Gasteiger partial charge in [-0.15, -0.1) is 0 Å². The Hall–Kier alpha value is -2.38. The van der Waals surface area contributed by atoms with Gasteiger partial charge in [0.2, 0.25) is 5.91 Å². The van der Waals surface area contributed by atoms with Crippen molar-refractivity contribution in [3.8, 4) is 5.75 Å². The first kappa shape index (κ1) is 19.0. The fraction of sp³-hybridized carbons (Fsp3) is 0.278. The number of methoxy groups -OCH3 is 1. The van der Waals surface area contributed by atoms with Gasteiger partial charge >= 0.3 is 0 Å². The van der Waals surface area contributed by atoms with Crippen molar-refractivity contribution in [2.24, 2.45) is 0 Å². The smallest absolute Gasteiger partial charge is 0.238 e. The first-order valence-corrected chi connectivity index (χ1v) is 9.58. The van der Waals surface area contributed by atoms with Gasteiger partial charge in [-0.3, -0.25) is 9.69 Å². The van der Waals surface area contributed by atoms with Gasteiger partial charge in [0.15, 0.2) is 9.84 Å². The first-order valence-electron chi connectivity index (χ1n) is 7.69. The lowest BCUT2D eigenvalue weighted by Gasteiger charge is -2.17. The molecule has 134 valence electrons. The quantitative estimate of drug-likeness (QED) is 0.817. The number of ether oxygens (including phenoxy) is 1. The Morgan fingerprint density at radius 3 is 2.44 bits per heavy atom. The van der Waals surface area contributed by atoms with Crippen molar-refractivity contribution in [3.05, 3.63) is 54.1 Å². The Morgan fingerprint density at radius 2 is 1.84 bits per heavy atom. The third kappa shape index (κ3) is 5.88. The summed E-state index contributed by atoms with van der Waals surface area (Å²) >= 11 is 0. The third-order valence-corrected chi connectivity index (χ3v) is 4.69. The molecular weight excluding hydrogens is 340 g/mol. The number of benzene rings is 2. The van der Waals surface area contributed by atoms with Crippen molar-refractivity contribution in [1.82, 2.24) is 4.90 Å². The molecule has 0 atom stereocenters. The molecule has 0 heterocycles. The average molecular weight is 362 g/mol. The fourth-order valence-electron chi connectivity index (χ4n) is 2.37. The van der Waals surface area contributed by atoms with E-state index < -0.39 is 9.84 Å². The molecule has 0 spiro atoms. The van der Waals surface area contributed by atoms with E-state index in [2.05, 4.69) is 5.32 Å². The van der Waals surface area contributed by atoms with Gasteiger partial charge in [0, 0.05) is 18.5 Å². The Kier molecular flexibility index (Phi) is 6.17. The second-order valence-corrected chi connectivity index (χ2v) is 7.88. The molecular formula is C18H22N2O4S. The molecule has 2 rings (SSSR count). The molecule has 2 aromatic carbocycles. The van der Waals surface area contributed by atoms with Crippen LogP contribution in [0.2, 0.25) is 0 Å². The molecule has 0 aliphatic carbocycles. The van der Waals surface area contributed by atoms with Crippen LogP contribution in [0.5, 0.6) is 5.75 Å². The molecule has 0 saturated heterocycles. The van der Waals surface area contributed by atoms with Crippen LogP contribution in [-0.2, 0) is 21.2 Å². The lowest BCUT2D eigenvalue weighted by atomic mass is 10.2. The molecule has 0 saturated carbocycles. The van der Waals surface area contributed by atoms with Crippen molar-refractivity contribution in [1.29, 1.82) is 0 Å². The fourth-order valence-corrected chi connectivity index (χ4v) is 3.00. The molecule has 6 nitrogen and oxygen atoms in total. The lowest BCUT2D eigenvalue weighted by Crippen LogP contribution is -2.29. The van der Waals surface area contributed by atoms with Crippen LogP contribution in [0.15, 0.2) is 53.4 Å². The molecule has 0 unspecified atom stereocenters. The van der Waals surface area contributed by atoms with Gasteiger partial charge in [-0.1, -0.05) is 12.1 Å². The highest BCUT2D eigenvalue weighted by atomic mass is 32.2. The highest BCUT2D eigenvalue weighted by Crippen LogP contribution is 2.15. The van der Waals surface area contributed by atoms with E-state index in [4.69, 9.17) is 4.74 Å². The second kappa shape index (κ2) is 8.13. The molecule has 2 aromatic rings. The molecule has 7 heteroatoms. The minimum absolute atomic E-state index is 0.169. The average Bonchev–Trinajstić information content (AvgIpc) is 2.54. The van der Waals surface area contributed by atoms with E-state index in [0.29, 0.717) is 12.2 Å². The minimum atomic E-state index is -3.24. The van der Waals surface area contributed by atoms with E-state index >= 15 is 0 Å². The van der Waals surface area contributed by atoms with Crippen LogP contribution in [0.1, 0.15) is 5.56 Å². The summed E-state index contributed by atoms with van der Waals surface area (Å²) in [6, 6.07) is 13.8. The van der Waals surface area contributed by atoms with Crippen LogP contribution < -0.4 is 10.1 Å². The molecule has 0 aromatic heterocycles. The predicted octanol–water partition coefficient (Wildman–Crippen LogP) is 2.17. The topological polar surface area (TPSA) is 75.7 Å². The van der Waals surface area contributed by atoms with Crippen LogP contribution in [0.3, 0.4) is 0 Å². The maximum atomic E-state index is 12.1. The third-order valence-electron chi connectivity index (χ3n) is 3.57. The van der Waals surface area contributed by atoms with Crippen molar-refractivity contribution >= 4 is 21.4 Å². The number of carbonyl (C=O) groups excluding carboxylic acids is 1. The predicted molar refractivity (Wildman–Crippen MR) is 97.5 cm³/mol. The SMILES string of the molecule is COc1cccc(CN(C)CC(=O)Nc2ccc(S(C)(=O)=O)cc2)c1. The van der Waals surface area contributed by atoms with Crippen molar-refractivity contribution in [2.45, 2.75) is 11.4 Å². The van der Waals surface area contributed by atoms with Crippen molar-refractivity contribution in [2.75, 3.05) is 32.3 Å². The number of nitrogens with zero attached hydrogens (tertiary/aromatic N) is 1. The summed E-state index contributed by atoms with van der Waals surface area (Å²) in [6.45, 7) is 0.822. The van der Waals surface area contributed by atoms with E-state index in [9.17, 15) is 13.2 Å². The summed E-state index contributed by atoms with van der Waals surface area (Å²) in [5.74, 6) is 0.610. The molecule has 0 aliphatic heterocycles. The number of rotatable bonds is 7. The summed E-state index contributed by atoms with van der Waals surface area (Å²) in [5.41, 5.74) is 1.61. The molecule has 0 radical (unpaired) electrons. The van der Waals surface area contributed by atoms with Crippen molar-refractivity contribution in [3.63, 3.8) is 0 Å². The molecule has 0 fully saturated rings. The number of hydrogen-bond donors (Lipinski definition) is 1. The Bertz CT molecular complexity index is 832. The number of anilines is 1. The number of hydrogen-bond acceptors (Lipinski definition) is 5. The molecule has 0 aliphatic rings. The molecule has 1 amide bonds. The summed E-state index contributed by atoms with van der Waals surface area (Å²) < 4.78 is 28.0. The van der Waals surface area contributed by atoms with E-state index in [-0.39, 0.29) is 17.3 Å². The number of likely N-dealkylation sites (N-methyl/N-ethyl adjacent to an activating group) is 1. The van der Waals surface area contributed by atoms with Gasteiger partial charge in [0.05, 0.1) is 18.6 Å². The number of amides is 1. The van der Waals surface area contributed by atoms with Gasteiger partial charge in [-0.05, 0) is 49.0 Å². The normalized spacial score (nSPS) is 11.4. The van der Waals surface area contributed by atoms with E-state index in [1.165, 1.54) is 12.1 Å². The van der Waals surface area contributed by atoms with Crippen LogP contribution in [0.25, 0.3) is 0 Å². The zero-order chi connectivity index (χ0) is 18.4. The first-order chi connectivity index (χ1) is 11.8. The van der Waals surface area contributed by atoms with E-state index in [1.54, 1.807) is 19.2 Å². The molecule has 0 bridgehead atoms. The number of sulfone groups is 1. The van der Waals surface area contributed by atoms with E-state index in [0.717, 1.165) is 17.6 Å². The van der Waals surface area contributed by atoms with Crippen LogP contribution in [-0.4, -0.2) is 46.2 Å². The second-order valence-electron chi connectivity index (χ2n) is 5.87. The number of nitrogens with one attached hydrogen (secondary N) is 1. The Balaban J connectivity index is 1.90. The standard InChI is InChI=1S/C18H22N2O4S/c1-20(12-14-5-4-6-16(11-14)24-2)13-18(21)19-15-7-9-17(10-8-15)25(3,22)23/h4-11H,12-13H2,1-3H3,(H,19,21). The zero-order valence-corrected chi connectivity index (χ0v) is 15.3. The van der Waals surface area contributed by atoms with Crippen molar-refractivity contribution < 1.29 is 17.9 Å². The van der Waals surface area contributed by atoms with Gasteiger partial charge < -0.3 is 10.1 Å². The number of carbonyl (C=O) groups is 1. The monoisotopic (exact) mass is 362 g/mol. The lowest BCUT2D eigenvalue weighted by molar-refractivity contribution is -0.117. The largest absolute Gasteiger partial charge is 0.497 e. The zero-order valence-electron chi connectivity index (χ0n) is 14.5.